The smallest absolute Gasteiger partial charge is 0.253 e. The van der Waals surface area contributed by atoms with E-state index in [1.807, 2.05) is 23.6 Å². The largest absolute Gasteiger partial charge is 0.329 e. The highest BCUT2D eigenvalue weighted by molar-refractivity contribution is 7.13. The monoisotopic (exact) mass is 206 g/mol. The van der Waals surface area contributed by atoms with E-state index in [1.165, 1.54) is 0 Å². The molecule has 0 amide bonds. The fraction of sp³-hybridized carbons (Fsp3) is 0.100. The van der Waals surface area contributed by atoms with Gasteiger partial charge in [0.25, 0.3) is 5.56 Å². The molecule has 2 heterocycles. The Morgan fingerprint density at radius 3 is 2.93 bits per heavy atom. The Balaban J connectivity index is 2.64. The third kappa shape index (κ3) is 1.49. The van der Waals surface area contributed by atoms with Crippen LogP contribution in [0.25, 0.3) is 10.4 Å². The number of pyridine rings is 1. The van der Waals surface area contributed by atoms with Crippen molar-refractivity contribution in [2.24, 2.45) is 5.73 Å². The number of nitrogens with two attached hydrogens (primary N) is 1. The highest BCUT2D eigenvalue weighted by Gasteiger charge is 2.07. The van der Waals surface area contributed by atoms with E-state index in [1.54, 1.807) is 17.5 Å². The van der Waals surface area contributed by atoms with Gasteiger partial charge >= 0.3 is 0 Å². The molecule has 2 rings (SSSR count). The van der Waals surface area contributed by atoms with Crippen LogP contribution in [0.3, 0.4) is 0 Å². The molecule has 14 heavy (non-hydrogen) atoms. The molecule has 0 saturated carbocycles. The summed E-state index contributed by atoms with van der Waals surface area (Å²) in [6.45, 7) is 0.267. The number of nitrogens with one attached hydrogen (secondary N) is 1. The fourth-order valence-electron chi connectivity index (χ4n) is 1.38. The molecule has 0 aliphatic carbocycles. The average molecular weight is 206 g/mol. The quantitative estimate of drug-likeness (QED) is 0.783. The van der Waals surface area contributed by atoms with Crippen LogP contribution in [-0.2, 0) is 6.54 Å². The summed E-state index contributed by atoms with van der Waals surface area (Å²) in [5.74, 6) is 0. The van der Waals surface area contributed by atoms with Gasteiger partial charge in [0, 0.05) is 28.7 Å². The normalized spacial score (nSPS) is 10.4. The summed E-state index contributed by atoms with van der Waals surface area (Å²) in [6.07, 6.45) is 1.65. The first-order valence-corrected chi connectivity index (χ1v) is 5.15. The molecule has 4 heteroatoms. The van der Waals surface area contributed by atoms with E-state index in [0.29, 0.717) is 5.56 Å². The molecule has 0 radical (unpaired) electrons. The maximum atomic E-state index is 11.4. The van der Waals surface area contributed by atoms with E-state index in [9.17, 15) is 4.79 Å². The molecule has 3 nitrogen and oxygen atoms in total. The zero-order valence-corrected chi connectivity index (χ0v) is 8.30. The summed E-state index contributed by atoms with van der Waals surface area (Å²) >= 11 is 1.61. The van der Waals surface area contributed by atoms with Crippen molar-refractivity contribution < 1.29 is 0 Å². The molecule has 0 saturated heterocycles. The molecule has 0 unspecified atom stereocenters. The lowest BCUT2D eigenvalue weighted by Crippen LogP contribution is -2.16. The summed E-state index contributed by atoms with van der Waals surface area (Å²) in [5.41, 5.74) is 7.03. The highest BCUT2D eigenvalue weighted by Crippen LogP contribution is 2.25. The molecule has 0 bridgehead atoms. The van der Waals surface area contributed by atoms with Gasteiger partial charge in [0.1, 0.15) is 0 Å². The van der Waals surface area contributed by atoms with Crippen LogP contribution in [0.4, 0.5) is 0 Å². The second-order valence-electron chi connectivity index (χ2n) is 2.88. The number of thiophene rings is 1. The maximum absolute atomic E-state index is 11.4. The van der Waals surface area contributed by atoms with E-state index in [2.05, 4.69) is 4.98 Å². The number of aromatic amines is 1. The van der Waals surface area contributed by atoms with Gasteiger partial charge in [-0.15, -0.1) is 11.3 Å². The number of rotatable bonds is 2. The number of aromatic nitrogens is 1. The van der Waals surface area contributed by atoms with Gasteiger partial charge in [-0.05, 0) is 17.5 Å². The standard InChI is InChI=1S/C10H10N2OS/c11-6-8-7(3-4-12-10(8)13)9-2-1-5-14-9/h1-5H,6,11H2,(H,12,13). The van der Waals surface area contributed by atoms with Crippen LogP contribution in [0.1, 0.15) is 5.56 Å². The first kappa shape index (κ1) is 9.18. The van der Waals surface area contributed by atoms with Crippen molar-refractivity contribution in [1.82, 2.24) is 4.98 Å². The Morgan fingerprint density at radius 1 is 1.43 bits per heavy atom. The number of hydrogen-bond acceptors (Lipinski definition) is 3. The Bertz CT molecular complexity index is 473. The minimum Gasteiger partial charge on any atom is -0.329 e. The van der Waals surface area contributed by atoms with Crippen LogP contribution in [-0.4, -0.2) is 4.98 Å². The second-order valence-corrected chi connectivity index (χ2v) is 3.83. The molecule has 3 N–H and O–H groups in total. The molecule has 0 aromatic carbocycles. The van der Waals surface area contributed by atoms with E-state index >= 15 is 0 Å². The maximum Gasteiger partial charge on any atom is 0.253 e. The van der Waals surface area contributed by atoms with Crippen LogP contribution in [0.2, 0.25) is 0 Å². The van der Waals surface area contributed by atoms with Crippen molar-refractivity contribution in [2.45, 2.75) is 6.54 Å². The van der Waals surface area contributed by atoms with Crippen molar-refractivity contribution in [3.8, 4) is 10.4 Å². The Morgan fingerprint density at radius 2 is 2.29 bits per heavy atom. The third-order valence-corrected chi connectivity index (χ3v) is 2.96. The van der Waals surface area contributed by atoms with E-state index in [4.69, 9.17) is 5.73 Å². The van der Waals surface area contributed by atoms with Crippen molar-refractivity contribution in [1.29, 1.82) is 0 Å². The van der Waals surface area contributed by atoms with Crippen molar-refractivity contribution in [2.75, 3.05) is 0 Å². The molecule has 72 valence electrons. The van der Waals surface area contributed by atoms with Crippen LogP contribution in [0.5, 0.6) is 0 Å². The van der Waals surface area contributed by atoms with Crippen molar-refractivity contribution in [3.05, 3.63) is 45.7 Å². The minimum absolute atomic E-state index is 0.0987. The van der Waals surface area contributed by atoms with Crippen molar-refractivity contribution in [3.63, 3.8) is 0 Å². The Labute approximate surface area is 85.2 Å². The predicted octanol–water partition coefficient (Wildman–Crippen LogP) is 1.56. The second kappa shape index (κ2) is 3.77. The molecule has 2 aromatic heterocycles. The number of H-pyrrole nitrogens is 1. The third-order valence-electron chi connectivity index (χ3n) is 2.05. The molecule has 0 aliphatic heterocycles. The first-order valence-electron chi connectivity index (χ1n) is 4.27. The van der Waals surface area contributed by atoms with Gasteiger partial charge < -0.3 is 10.7 Å². The fourth-order valence-corrected chi connectivity index (χ4v) is 2.16. The molecular weight excluding hydrogens is 196 g/mol. The van der Waals surface area contributed by atoms with Gasteiger partial charge in [0.15, 0.2) is 0 Å². The number of hydrogen-bond donors (Lipinski definition) is 2. The van der Waals surface area contributed by atoms with Gasteiger partial charge in [-0.2, -0.15) is 0 Å². The van der Waals surface area contributed by atoms with Crippen LogP contribution >= 0.6 is 11.3 Å². The van der Waals surface area contributed by atoms with Crippen LogP contribution in [0.15, 0.2) is 34.6 Å². The molecule has 0 aliphatic rings. The molecule has 2 aromatic rings. The summed E-state index contributed by atoms with van der Waals surface area (Å²) < 4.78 is 0. The van der Waals surface area contributed by atoms with Gasteiger partial charge in [0.05, 0.1) is 0 Å². The Hall–Kier alpha value is -1.39. The molecule has 0 atom stereocenters. The van der Waals surface area contributed by atoms with Gasteiger partial charge in [0.2, 0.25) is 0 Å². The first-order chi connectivity index (χ1) is 6.83. The zero-order chi connectivity index (χ0) is 9.97. The Kier molecular flexibility index (Phi) is 2.47. The summed E-state index contributed by atoms with van der Waals surface area (Å²) in [6, 6.07) is 5.83. The molecular formula is C10H10N2OS. The lowest BCUT2D eigenvalue weighted by molar-refractivity contribution is 1.02. The minimum atomic E-state index is -0.0987. The molecule has 0 spiro atoms. The lowest BCUT2D eigenvalue weighted by Gasteiger charge is -2.02. The highest BCUT2D eigenvalue weighted by atomic mass is 32.1. The topological polar surface area (TPSA) is 58.9 Å². The van der Waals surface area contributed by atoms with E-state index in [-0.39, 0.29) is 12.1 Å². The SMILES string of the molecule is NCc1c(-c2cccs2)cc[nH]c1=O. The van der Waals surface area contributed by atoms with Crippen LogP contribution in [0, 0.1) is 0 Å². The van der Waals surface area contributed by atoms with Gasteiger partial charge in [-0.1, -0.05) is 6.07 Å². The van der Waals surface area contributed by atoms with E-state index in [0.717, 1.165) is 10.4 Å². The van der Waals surface area contributed by atoms with Gasteiger partial charge in [-0.25, -0.2) is 0 Å². The summed E-state index contributed by atoms with van der Waals surface area (Å²) in [7, 11) is 0. The average Bonchev–Trinajstić information content (AvgIpc) is 2.70. The van der Waals surface area contributed by atoms with Crippen LogP contribution < -0.4 is 11.3 Å². The van der Waals surface area contributed by atoms with Gasteiger partial charge in [-0.3, -0.25) is 4.79 Å². The lowest BCUT2D eigenvalue weighted by atomic mass is 10.1. The van der Waals surface area contributed by atoms with E-state index < -0.39 is 0 Å². The predicted molar refractivity (Wildman–Crippen MR) is 58.3 cm³/mol. The molecule has 0 fully saturated rings. The summed E-state index contributed by atoms with van der Waals surface area (Å²) in [5, 5.41) is 1.98. The summed E-state index contributed by atoms with van der Waals surface area (Å²) in [4.78, 5) is 15.1. The van der Waals surface area contributed by atoms with Crippen molar-refractivity contribution >= 4 is 11.3 Å². The zero-order valence-electron chi connectivity index (χ0n) is 7.49.